The van der Waals surface area contributed by atoms with Gasteiger partial charge in [-0.3, -0.25) is 14.6 Å². The van der Waals surface area contributed by atoms with Crippen LogP contribution in [0.3, 0.4) is 0 Å². The van der Waals surface area contributed by atoms with E-state index in [9.17, 15) is 4.79 Å². The maximum Gasteiger partial charge on any atom is 0.236 e. The lowest BCUT2D eigenvalue weighted by Crippen LogP contribution is -2.63. The second-order valence-electron chi connectivity index (χ2n) is 5.87. The van der Waals surface area contributed by atoms with Crippen molar-refractivity contribution in [2.45, 2.75) is 24.9 Å². The summed E-state index contributed by atoms with van der Waals surface area (Å²) in [5.41, 5.74) is 0. The molecule has 2 saturated heterocycles. The quantitative estimate of drug-likeness (QED) is 0.711. The number of piperazine rings is 1. The lowest BCUT2D eigenvalue weighted by Gasteiger charge is -2.46. The summed E-state index contributed by atoms with van der Waals surface area (Å²) < 4.78 is 0. The third-order valence-corrected chi connectivity index (χ3v) is 4.45. The van der Waals surface area contributed by atoms with Crippen molar-refractivity contribution < 1.29 is 4.79 Å². The molecule has 0 spiro atoms. The first kappa shape index (κ1) is 12.4. The molecule has 0 atom stereocenters. The lowest BCUT2D eigenvalue weighted by molar-refractivity contribution is -0.133. The normalized spacial score (nSPS) is 26.9. The highest BCUT2D eigenvalue weighted by atomic mass is 16.2. The minimum absolute atomic E-state index is 0.302. The van der Waals surface area contributed by atoms with Crippen LogP contribution in [-0.4, -0.2) is 85.6 Å². The summed E-state index contributed by atoms with van der Waals surface area (Å²) >= 11 is 0. The molecule has 0 bridgehead atoms. The van der Waals surface area contributed by atoms with Crippen LogP contribution in [0.1, 0.15) is 12.8 Å². The number of carbonyl (C=O) groups is 1. The Kier molecular flexibility index (Phi) is 3.54. The van der Waals surface area contributed by atoms with E-state index >= 15 is 0 Å². The van der Waals surface area contributed by atoms with Crippen LogP contribution in [0, 0.1) is 0 Å². The van der Waals surface area contributed by atoms with Crippen molar-refractivity contribution in [3.8, 4) is 0 Å². The smallest absolute Gasteiger partial charge is 0.236 e. The molecule has 1 amide bonds. The predicted octanol–water partition coefficient (Wildman–Crippen LogP) is -0.803. The van der Waals surface area contributed by atoms with Crippen molar-refractivity contribution in [3.05, 3.63) is 0 Å². The topological polar surface area (TPSA) is 38.8 Å². The number of hydrogen-bond donors (Lipinski definition) is 1. The minimum atomic E-state index is 0.302. The fourth-order valence-electron chi connectivity index (χ4n) is 2.92. The van der Waals surface area contributed by atoms with Crippen LogP contribution in [0.5, 0.6) is 0 Å². The Balaban J connectivity index is 1.37. The Morgan fingerprint density at radius 1 is 1.28 bits per heavy atom. The Bertz CT molecular complexity index is 306. The molecule has 0 aromatic heterocycles. The predicted molar refractivity (Wildman–Crippen MR) is 70.5 cm³/mol. The summed E-state index contributed by atoms with van der Waals surface area (Å²) in [6, 6.07) is 1.23. The zero-order chi connectivity index (χ0) is 12.5. The van der Waals surface area contributed by atoms with Gasteiger partial charge in [0.2, 0.25) is 5.91 Å². The van der Waals surface area contributed by atoms with Crippen molar-refractivity contribution in [3.63, 3.8) is 0 Å². The monoisotopic (exact) mass is 252 g/mol. The van der Waals surface area contributed by atoms with Crippen molar-refractivity contribution in [1.82, 2.24) is 20.0 Å². The fraction of sp³-hybridized carbons (Fsp3) is 0.923. The largest absolute Gasteiger partial charge is 0.342 e. The highest BCUT2D eigenvalue weighted by molar-refractivity contribution is 5.78. The molecular weight excluding hydrogens is 228 g/mol. The Hall–Kier alpha value is -0.650. The van der Waals surface area contributed by atoms with E-state index in [4.69, 9.17) is 0 Å². The van der Waals surface area contributed by atoms with E-state index in [1.165, 1.54) is 12.8 Å². The average molecular weight is 252 g/mol. The number of carbonyl (C=O) groups excluding carboxylic acids is 1. The van der Waals surface area contributed by atoms with Crippen LogP contribution in [0.4, 0.5) is 0 Å². The first-order chi connectivity index (χ1) is 8.74. The molecule has 0 aromatic carbocycles. The molecule has 3 aliphatic rings. The van der Waals surface area contributed by atoms with E-state index < -0.39 is 0 Å². The zero-order valence-electron chi connectivity index (χ0n) is 11.3. The number of likely N-dealkylation sites (N-methyl/N-ethyl adjacent to an activating group) is 1. The molecule has 18 heavy (non-hydrogen) atoms. The van der Waals surface area contributed by atoms with Gasteiger partial charge in [0.15, 0.2) is 0 Å². The molecule has 2 aliphatic heterocycles. The number of nitrogens with zero attached hydrogens (tertiary/aromatic N) is 3. The standard InChI is InChI=1S/C13H24N4O/c1-15(11-2-3-11)13(18)10-16-8-12(9-16)17-6-4-14-5-7-17/h11-12,14H,2-10H2,1H3. The molecule has 3 rings (SSSR count). The molecule has 1 aliphatic carbocycles. The SMILES string of the molecule is CN(C(=O)CN1CC(N2CCNCC2)C1)C1CC1. The highest BCUT2D eigenvalue weighted by Gasteiger charge is 2.35. The van der Waals surface area contributed by atoms with Crippen LogP contribution in [0.25, 0.3) is 0 Å². The Morgan fingerprint density at radius 3 is 2.56 bits per heavy atom. The van der Waals surface area contributed by atoms with Gasteiger partial charge in [0, 0.05) is 58.4 Å². The van der Waals surface area contributed by atoms with Gasteiger partial charge in [-0.05, 0) is 12.8 Å². The van der Waals surface area contributed by atoms with Gasteiger partial charge >= 0.3 is 0 Å². The summed E-state index contributed by atoms with van der Waals surface area (Å²) in [4.78, 5) is 18.8. The van der Waals surface area contributed by atoms with Crippen LogP contribution < -0.4 is 5.32 Å². The Morgan fingerprint density at radius 2 is 1.94 bits per heavy atom. The maximum absolute atomic E-state index is 12.0. The summed E-state index contributed by atoms with van der Waals surface area (Å²) in [5, 5.41) is 3.38. The molecule has 3 fully saturated rings. The summed E-state index contributed by atoms with van der Waals surface area (Å²) in [7, 11) is 1.95. The first-order valence-corrected chi connectivity index (χ1v) is 7.17. The van der Waals surface area contributed by atoms with Gasteiger partial charge < -0.3 is 10.2 Å². The zero-order valence-corrected chi connectivity index (χ0v) is 11.3. The van der Waals surface area contributed by atoms with Crippen molar-refractivity contribution >= 4 is 5.91 Å². The summed E-state index contributed by atoms with van der Waals surface area (Å²) in [6.45, 7) is 7.31. The second kappa shape index (κ2) is 5.15. The number of nitrogens with one attached hydrogen (secondary N) is 1. The second-order valence-corrected chi connectivity index (χ2v) is 5.87. The van der Waals surface area contributed by atoms with Gasteiger partial charge in [0.25, 0.3) is 0 Å². The van der Waals surface area contributed by atoms with Crippen molar-refractivity contribution in [2.75, 3.05) is 52.9 Å². The lowest BCUT2D eigenvalue weighted by atomic mass is 10.1. The Labute approximate surface area is 109 Å². The molecule has 1 saturated carbocycles. The van der Waals surface area contributed by atoms with Crippen LogP contribution in [0.15, 0.2) is 0 Å². The van der Waals surface area contributed by atoms with Gasteiger partial charge in [-0.25, -0.2) is 0 Å². The molecule has 102 valence electrons. The van der Waals surface area contributed by atoms with Gasteiger partial charge in [0.1, 0.15) is 0 Å². The number of amides is 1. The highest BCUT2D eigenvalue weighted by Crippen LogP contribution is 2.25. The van der Waals surface area contributed by atoms with Gasteiger partial charge in [-0.2, -0.15) is 0 Å². The number of likely N-dealkylation sites (tertiary alicyclic amines) is 1. The van der Waals surface area contributed by atoms with E-state index in [1.54, 1.807) is 0 Å². The van der Waals surface area contributed by atoms with E-state index in [1.807, 2.05) is 11.9 Å². The van der Waals surface area contributed by atoms with Crippen molar-refractivity contribution in [2.24, 2.45) is 0 Å². The molecule has 5 nitrogen and oxygen atoms in total. The van der Waals surface area contributed by atoms with Crippen LogP contribution in [0.2, 0.25) is 0 Å². The molecule has 0 radical (unpaired) electrons. The van der Waals surface area contributed by atoms with Gasteiger partial charge in [0.05, 0.1) is 6.54 Å². The van der Waals surface area contributed by atoms with E-state index in [0.29, 0.717) is 24.5 Å². The fourth-order valence-corrected chi connectivity index (χ4v) is 2.92. The van der Waals surface area contributed by atoms with Gasteiger partial charge in [-0.15, -0.1) is 0 Å². The summed E-state index contributed by atoms with van der Waals surface area (Å²) in [5.74, 6) is 0.302. The van der Waals surface area contributed by atoms with Gasteiger partial charge in [-0.1, -0.05) is 0 Å². The third-order valence-electron chi connectivity index (χ3n) is 4.45. The molecule has 0 unspecified atom stereocenters. The first-order valence-electron chi connectivity index (χ1n) is 7.17. The maximum atomic E-state index is 12.0. The van der Waals surface area contributed by atoms with Crippen LogP contribution >= 0.6 is 0 Å². The molecular formula is C13H24N4O. The number of hydrogen-bond acceptors (Lipinski definition) is 4. The van der Waals surface area contributed by atoms with E-state index in [2.05, 4.69) is 15.1 Å². The van der Waals surface area contributed by atoms with Crippen molar-refractivity contribution in [1.29, 1.82) is 0 Å². The molecule has 1 N–H and O–H groups in total. The minimum Gasteiger partial charge on any atom is -0.342 e. The van der Waals surface area contributed by atoms with E-state index in [0.717, 1.165) is 39.3 Å². The third kappa shape index (κ3) is 2.68. The van der Waals surface area contributed by atoms with Crippen LogP contribution in [-0.2, 0) is 4.79 Å². The number of rotatable bonds is 4. The molecule has 2 heterocycles. The molecule has 5 heteroatoms. The summed E-state index contributed by atoms with van der Waals surface area (Å²) in [6.07, 6.45) is 2.40. The van der Waals surface area contributed by atoms with E-state index in [-0.39, 0.29) is 0 Å². The molecule has 0 aromatic rings. The average Bonchev–Trinajstić information content (AvgIpc) is 3.17.